The highest BCUT2D eigenvalue weighted by atomic mass is 79.9. The summed E-state index contributed by atoms with van der Waals surface area (Å²) in [5.41, 5.74) is 1.89. The van der Waals surface area contributed by atoms with Crippen LogP contribution in [0.25, 0.3) is 0 Å². The van der Waals surface area contributed by atoms with Crippen molar-refractivity contribution in [3.05, 3.63) is 50.6 Å². The van der Waals surface area contributed by atoms with Gasteiger partial charge in [0.1, 0.15) is 5.75 Å². The maximum atomic E-state index is 11.5. The molecule has 1 aromatic carbocycles. The highest BCUT2D eigenvalue weighted by Gasteiger charge is 2.09. The zero-order valence-corrected chi connectivity index (χ0v) is 12.4. The summed E-state index contributed by atoms with van der Waals surface area (Å²) in [4.78, 5) is 11.5. The summed E-state index contributed by atoms with van der Waals surface area (Å²) in [6.07, 6.45) is 0.855. The largest absolute Gasteiger partial charge is 0.492 e. The number of carbonyl (C=O) groups is 1. The number of Topliss-reactive ketones (excluding diaryl/α,β-unsaturated/α-hetero) is 1. The van der Waals surface area contributed by atoms with E-state index >= 15 is 0 Å². The molecule has 0 aliphatic carbocycles. The molecule has 0 aliphatic heterocycles. The van der Waals surface area contributed by atoms with Crippen LogP contribution < -0.4 is 4.74 Å². The van der Waals surface area contributed by atoms with E-state index in [0.29, 0.717) is 17.9 Å². The first kappa shape index (κ1) is 13.3. The molecule has 0 radical (unpaired) electrons. The van der Waals surface area contributed by atoms with Gasteiger partial charge < -0.3 is 4.74 Å². The summed E-state index contributed by atoms with van der Waals surface area (Å²) in [5, 5.41) is 4.16. The summed E-state index contributed by atoms with van der Waals surface area (Å²) < 4.78 is 6.62. The Morgan fingerprint density at radius 2 is 2.22 bits per heavy atom. The third-order valence-electron chi connectivity index (χ3n) is 2.55. The fourth-order valence-corrected chi connectivity index (χ4v) is 2.66. The first-order chi connectivity index (χ1) is 8.66. The lowest BCUT2D eigenvalue weighted by Gasteiger charge is -2.09. The summed E-state index contributed by atoms with van der Waals surface area (Å²) >= 11 is 5.07. The van der Waals surface area contributed by atoms with Crippen LogP contribution in [-0.2, 0) is 6.42 Å². The molecule has 2 aromatic rings. The number of carbonyl (C=O) groups excluding carboxylic acids is 1. The van der Waals surface area contributed by atoms with Gasteiger partial charge in [0.2, 0.25) is 0 Å². The van der Waals surface area contributed by atoms with Gasteiger partial charge in [-0.05, 0) is 47.5 Å². The third-order valence-corrected chi connectivity index (χ3v) is 3.78. The van der Waals surface area contributed by atoms with Crippen LogP contribution >= 0.6 is 27.3 Å². The molecule has 0 N–H and O–H groups in total. The van der Waals surface area contributed by atoms with E-state index in [0.717, 1.165) is 10.9 Å². The number of thiophene rings is 1. The lowest BCUT2D eigenvalue weighted by Crippen LogP contribution is -2.04. The van der Waals surface area contributed by atoms with Gasteiger partial charge in [-0.1, -0.05) is 15.9 Å². The standard InChI is InChI=1S/C14H13BrO2S/c1-10(16)13-3-2-12(15)8-14(13)17-6-4-11-5-7-18-9-11/h2-3,5,7-9H,4,6H2,1H3. The molecule has 1 heterocycles. The first-order valence-electron chi connectivity index (χ1n) is 5.61. The monoisotopic (exact) mass is 324 g/mol. The van der Waals surface area contributed by atoms with E-state index in [1.165, 1.54) is 5.56 Å². The molecule has 0 unspecified atom stereocenters. The molecule has 0 fully saturated rings. The number of benzene rings is 1. The van der Waals surface area contributed by atoms with Crippen molar-refractivity contribution < 1.29 is 9.53 Å². The minimum atomic E-state index is 0.0213. The van der Waals surface area contributed by atoms with Crippen molar-refractivity contribution in [1.29, 1.82) is 0 Å². The van der Waals surface area contributed by atoms with Crippen LogP contribution in [0.4, 0.5) is 0 Å². The Hall–Kier alpha value is -1.13. The number of ether oxygens (including phenoxy) is 1. The number of hydrogen-bond acceptors (Lipinski definition) is 3. The van der Waals surface area contributed by atoms with Crippen LogP contribution in [-0.4, -0.2) is 12.4 Å². The van der Waals surface area contributed by atoms with E-state index in [-0.39, 0.29) is 5.78 Å². The van der Waals surface area contributed by atoms with E-state index in [9.17, 15) is 4.79 Å². The Morgan fingerprint density at radius 3 is 2.89 bits per heavy atom. The number of rotatable bonds is 5. The van der Waals surface area contributed by atoms with Gasteiger partial charge in [-0.3, -0.25) is 4.79 Å². The van der Waals surface area contributed by atoms with Gasteiger partial charge in [0.25, 0.3) is 0 Å². The van der Waals surface area contributed by atoms with Crippen LogP contribution in [0, 0.1) is 0 Å². The molecular formula is C14H13BrO2S. The molecule has 1 aromatic heterocycles. The molecule has 18 heavy (non-hydrogen) atoms. The zero-order valence-electron chi connectivity index (χ0n) is 9.98. The summed E-state index contributed by atoms with van der Waals surface area (Å²) in [7, 11) is 0. The van der Waals surface area contributed by atoms with E-state index < -0.39 is 0 Å². The molecule has 2 nitrogen and oxygen atoms in total. The fourth-order valence-electron chi connectivity index (χ4n) is 1.62. The molecule has 94 valence electrons. The third kappa shape index (κ3) is 3.43. The number of halogens is 1. The smallest absolute Gasteiger partial charge is 0.163 e. The topological polar surface area (TPSA) is 26.3 Å². The van der Waals surface area contributed by atoms with E-state index in [1.54, 1.807) is 24.3 Å². The molecule has 0 saturated heterocycles. The summed E-state index contributed by atoms with van der Waals surface area (Å²) in [5.74, 6) is 0.667. The molecule has 0 saturated carbocycles. The van der Waals surface area contributed by atoms with Crippen molar-refractivity contribution in [2.75, 3.05) is 6.61 Å². The van der Waals surface area contributed by atoms with Crippen LogP contribution in [0.1, 0.15) is 22.8 Å². The Labute approximate surface area is 119 Å². The normalized spacial score (nSPS) is 10.3. The molecular weight excluding hydrogens is 312 g/mol. The lowest BCUT2D eigenvalue weighted by atomic mass is 10.1. The van der Waals surface area contributed by atoms with Crippen molar-refractivity contribution in [1.82, 2.24) is 0 Å². The quantitative estimate of drug-likeness (QED) is 0.765. The minimum Gasteiger partial charge on any atom is -0.492 e. The molecule has 0 atom stereocenters. The Kier molecular flexibility index (Phi) is 4.55. The Balaban J connectivity index is 2.03. The second kappa shape index (κ2) is 6.16. The maximum absolute atomic E-state index is 11.5. The highest BCUT2D eigenvalue weighted by molar-refractivity contribution is 9.10. The Bertz CT molecular complexity index is 535. The molecule has 0 amide bonds. The average molecular weight is 325 g/mol. The zero-order chi connectivity index (χ0) is 13.0. The predicted molar refractivity (Wildman–Crippen MR) is 77.7 cm³/mol. The molecule has 4 heteroatoms. The number of ketones is 1. The second-order valence-corrected chi connectivity index (χ2v) is 5.62. The van der Waals surface area contributed by atoms with Gasteiger partial charge in [0, 0.05) is 10.9 Å². The van der Waals surface area contributed by atoms with Crippen LogP contribution in [0.3, 0.4) is 0 Å². The summed E-state index contributed by atoms with van der Waals surface area (Å²) in [6.45, 7) is 2.13. The molecule has 2 rings (SSSR count). The minimum absolute atomic E-state index is 0.0213. The lowest BCUT2D eigenvalue weighted by molar-refractivity contribution is 0.101. The van der Waals surface area contributed by atoms with E-state index in [1.807, 2.05) is 12.1 Å². The summed E-state index contributed by atoms with van der Waals surface area (Å²) in [6, 6.07) is 7.56. The van der Waals surface area contributed by atoms with Crippen molar-refractivity contribution >= 4 is 33.0 Å². The molecule has 0 aliphatic rings. The van der Waals surface area contributed by atoms with Gasteiger partial charge in [-0.25, -0.2) is 0 Å². The fraction of sp³-hybridized carbons (Fsp3) is 0.214. The molecule has 0 bridgehead atoms. The van der Waals surface area contributed by atoms with E-state index in [2.05, 4.69) is 32.8 Å². The van der Waals surface area contributed by atoms with Crippen molar-refractivity contribution in [2.24, 2.45) is 0 Å². The molecule has 0 spiro atoms. The highest BCUT2D eigenvalue weighted by Crippen LogP contribution is 2.24. The van der Waals surface area contributed by atoms with Crippen LogP contribution in [0.15, 0.2) is 39.5 Å². The van der Waals surface area contributed by atoms with Crippen LogP contribution in [0.5, 0.6) is 5.75 Å². The van der Waals surface area contributed by atoms with Gasteiger partial charge in [0.05, 0.1) is 12.2 Å². The maximum Gasteiger partial charge on any atom is 0.163 e. The van der Waals surface area contributed by atoms with Gasteiger partial charge >= 0.3 is 0 Å². The van der Waals surface area contributed by atoms with Gasteiger partial charge in [0.15, 0.2) is 5.78 Å². The van der Waals surface area contributed by atoms with Gasteiger partial charge in [-0.15, -0.1) is 0 Å². The van der Waals surface area contributed by atoms with Crippen molar-refractivity contribution in [3.63, 3.8) is 0 Å². The predicted octanol–water partition coefficient (Wildman–Crippen LogP) is 4.33. The van der Waals surface area contributed by atoms with Crippen molar-refractivity contribution in [2.45, 2.75) is 13.3 Å². The van der Waals surface area contributed by atoms with Crippen molar-refractivity contribution in [3.8, 4) is 5.75 Å². The SMILES string of the molecule is CC(=O)c1ccc(Br)cc1OCCc1ccsc1. The second-order valence-electron chi connectivity index (χ2n) is 3.93. The van der Waals surface area contributed by atoms with E-state index in [4.69, 9.17) is 4.74 Å². The Morgan fingerprint density at radius 1 is 1.39 bits per heavy atom. The first-order valence-corrected chi connectivity index (χ1v) is 7.35. The van der Waals surface area contributed by atoms with Crippen LogP contribution in [0.2, 0.25) is 0 Å². The average Bonchev–Trinajstić information content (AvgIpc) is 2.82. The van der Waals surface area contributed by atoms with Gasteiger partial charge in [-0.2, -0.15) is 11.3 Å². The number of hydrogen-bond donors (Lipinski definition) is 0.